The molecule has 4 saturated heterocycles. The number of carbonyl (C=O) groups excluding carboxylic acids is 1. The molecule has 0 amide bonds. The molecule has 5 aliphatic rings. The van der Waals surface area contributed by atoms with Gasteiger partial charge in [0.05, 0.1) is 31.0 Å². The van der Waals surface area contributed by atoms with Gasteiger partial charge in [0.25, 0.3) is 5.97 Å². The van der Waals surface area contributed by atoms with Crippen molar-refractivity contribution in [3.63, 3.8) is 0 Å². The van der Waals surface area contributed by atoms with E-state index in [1.54, 1.807) is 0 Å². The van der Waals surface area contributed by atoms with Gasteiger partial charge in [0.2, 0.25) is 0 Å². The Bertz CT molecular complexity index is 855. The number of ketones is 1. The van der Waals surface area contributed by atoms with Crippen molar-refractivity contribution < 1.29 is 23.4 Å². The molecule has 0 aromatic rings. The predicted molar refractivity (Wildman–Crippen MR) is 138 cm³/mol. The molecular weight excluding hydrogens is 458 g/mol. The molecule has 4 fully saturated rings. The van der Waals surface area contributed by atoms with E-state index in [9.17, 15) is 4.79 Å². The van der Waals surface area contributed by atoms with E-state index in [0.29, 0.717) is 43.3 Å². The number of nitrogens with zero attached hydrogens (tertiary/aromatic N) is 1. The lowest BCUT2D eigenvalue weighted by molar-refractivity contribution is -0.388. The molecule has 0 radical (unpaired) electrons. The summed E-state index contributed by atoms with van der Waals surface area (Å²) in [6.45, 7) is 18.0. The molecule has 4 aliphatic heterocycles. The van der Waals surface area contributed by atoms with Gasteiger partial charge in [-0.25, -0.2) is 0 Å². The normalized spacial score (nSPS) is 42.5. The standard InChI is InChI=1S/C28H47NO5Si/c1-19(28-31-15-13-27(5,34-28)18-32-28)16-23(30)22-17-20-11-12-24(33-35(6,7)26(2,3)4)21-10-8-9-14-29(22)25(20)21/h11-12,19-22,24-25H,8-10,13-18H2,1-7H3/t19-,20-,21+,22-,24+,25-,27-,28+/m0/s1. The largest absolute Gasteiger partial charge is 0.410 e. The lowest BCUT2D eigenvalue weighted by Gasteiger charge is -2.45. The molecule has 0 saturated carbocycles. The topological polar surface area (TPSA) is 57.2 Å². The Labute approximate surface area is 213 Å². The molecule has 0 aromatic carbocycles. The summed E-state index contributed by atoms with van der Waals surface area (Å²) in [5.41, 5.74) is -0.292. The van der Waals surface area contributed by atoms with Crippen LogP contribution in [0.4, 0.5) is 0 Å². The fraction of sp³-hybridized carbons (Fsp3) is 0.893. The molecule has 0 spiro atoms. The number of hydrogen-bond acceptors (Lipinski definition) is 6. The predicted octanol–water partition coefficient (Wildman–Crippen LogP) is 5.28. The van der Waals surface area contributed by atoms with Crippen LogP contribution in [0.3, 0.4) is 0 Å². The summed E-state index contributed by atoms with van der Waals surface area (Å²) >= 11 is 0. The van der Waals surface area contributed by atoms with Crippen LogP contribution >= 0.6 is 0 Å². The van der Waals surface area contributed by atoms with Crippen LogP contribution in [0.15, 0.2) is 12.2 Å². The first-order valence-corrected chi connectivity index (χ1v) is 16.9. The van der Waals surface area contributed by atoms with Gasteiger partial charge in [-0.1, -0.05) is 46.3 Å². The zero-order chi connectivity index (χ0) is 25.2. The summed E-state index contributed by atoms with van der Waals surface area (Å²) < 4.78 is 25.3. The van der Waals surface area contributed by atoms with Gasteiger partial charge >= 0.3 is 0 Å². The molecule has 2 bridgehead atoms. The van der Waals surface area contributed by atoms with Gasteiger partial charge in [0.15, 0.2) is 14.1 Å². The number of Topliss-reactive ketones (excluding diaryl/α,β-unsaturated/α-hetero) is 1. The van der Waals surface area contributed by atoms with E-state index in [0.717, 1.165) is 25.8 Å². The maximum absolute atomic E-state index is 13.8. The van der Waals surface area contributed by atoms with E-state index in [1.807, 2.05) is 6.92 Å². The van der Waals surface area contributed by atoms with Crippen molar-refractivity contribution >= 4 is 14.1 Å². The summed E-state index contributed by atoms with van der Waals surface area (Å²) in [6.07, 6.45) is 10.6. The summed E-state index contributed by atoms with van der Waals surface area (Å²) in [7, 11) is -1.88. The van der Waals surface area contributed by atoms with Gasteiger partial charge in [-0.05, 0) is 56.8 Å². The lowest BCUT2D eigenvalue weighted by atomic mass is 9.78. The number of hydrogen-bond donors (Lipinski definition) is 0. The van der Waals surface area contributed by atoms with Gasteiger partial charge in [0.1, 0.15) is 0 Å². The summed E-state index contributed by atoms with van der Waals surface area (Å²) in [6, 6.07) is 0.380. The van der Waals surface area contributed by atoms with E-state index in [1.165, 1.54) is 12.8 Å². The number of fused-ring (bicyclic) bond motifs is 2. The minimum absolute atomic E-state index is 0.0305. The summed E-state index contributed by atoms with van der Waals surface area (Å²) in [5, 5.41) is 0.188. The lowest BCUT2D eigenvalue weighted by Crippen LogP contribution is -2.52. The Morgan fingerprint density at radius 1 is 1.23 bits per heavy atom. The van der Waals surface area contributed by atoms with Gasteiger partial charge in [-0.3, -0.25) is 9.69 Å². The smallest absolute Gasteiger partial charge is 0.286 e. The molecule has 5 rings (SSSR count). The molecule has 0 unspecified atom stereocenters. The molecule has 6 nitrogen and oxygen atoms in total. The van der Waals surface area contributed by atoms with Crippen molar-refractivity contribution in [1.29, 1.82) is 0 Å². The van der Waals surface area contributed by atoms with E-state index in [2.05, 4.69) is 57.8 Å². The Morgan fingerprint density at radius 3 is 2.74 bits per heavy atom. The second-order valence-corrected chi connectivity index (χ2v) is 18.4. The van der Waals surface area contributed by atoms with Crippen LogP contribution in [0, 0.1) is 17.8 Å². The molecule has 35 heavy (non-hydrogen) atoms. The number of rotatable bonds is 6. The van der Waals surface area contributed by atoms with Crippen LogP contribution in [0.2, 0.25) is 18.1 Å². The fourth-order valence-electron chi connectivity index (χ4n) is 6.81. The Hall–Kier alpha value is -0.573. The number of ether oxygens (including phenoxy) is 3. The molecular formula is C28H47NO5Si. The molecule has 7 heteroatoms. The minimum Gasteiger partial charge on any atom is -0.410 e. The van der Waals surface area contributed by atoms with Gasteiger partial charge in [-0.2, -0.15) is 0 Å². The van der Waals surface area contributed by atoms with E-state index in [-0.39, 0.29) is 28.7 Å². The monoisotopic (exact) mass is 505 g/mol. The number of carbonyl (C=O) groups is 1. The fourth-order valence-corrected chi connectivity index (χ4v) is 8.10. The van der Waals surface area contributed by atoms with Gasteiger partial charge in [-0.15, -0.1) is 0 Å². The summed E-state index contributed by atoms with van der Waals surface area (Å²) in [4.78, 5) is 16.3. The highest BCUT2D eigenvalue weighted by atomic mass is 28.4. The third kappa shape index (κ3) is 4.63. The Kier molecular flexibility index (Phi) is 6.71. The first-order chi connectivity index (χ1) is 16.3. The van der Waals surface area contributed by atoms with E-state index < -0.39 is 14.3 Å². The quantitative estimate of drug-likeness (QED) is 0.362. The molecule has 1 aliphatic carbocycles. The SMILES string of the molecule is C[C@@H](CC(=O)[C@@H]1C[C@@H]2C=C[C@@H](O[Si](C)(C)C(C)(C)C)[C@H]3CCCCN1[C@H]32)[C@@]12OCC[C@@](C)(CO1)O2. The van der Waals surface area contributed by atoms with Crippen LogP contribution in [0.25, 0.3) is 0 Å². The molecule has 8 atom stereocenters. The maximum atomic E-state index is 13.8. The first kappa shape index (κ1) is 26.1. The average molecular weight is 506 g/mol. The van der Waals surface area contributed by atoms with Crippen molar-refractivity contribution in [2.45, 2.75) is 121 Å². The third-order valence-electron chi connectivity index (χ3n) is 9.95. The highest BCUT2D eigenvalue weighted by Crippen LogP contribution is 2.48. The van der Waals surface area contributed by atoms with Crippen molar-refractivity contribution in [3.8, 4) is 0 Å². The Morgan fingerprint density at radius 2 is 2.00 bits per heavy atom. The second-order valence-electron chi connectivity index (χ2n) is 13.6. The van der Waals surface area contributed by atoms with Crippen LogP contribution < -0.4 is 0 Å². The third-order valence-corrected chi connectivity index (χ3v) is 14.4. The highest BCUT2D eigenvalue weighted by molar-refractivity contribution is 6.74. The zero-order valence-electron chi connectivity index (χ0n) is 23.0. The van der Waals surface area contributed by atoms with Gasteiger partial charge < -0.3 is 18.6 Å². The van der Waals surface area contributed by atoms with Crippen molar-refractivity contribution in [3.05, 3.63) is 12.2 Å². The van der Waals surface area contributed by atoms with E-state index >= 15 is 0 Å². The van der Waals surface area contributed by atoms with Crippen molar-refractivity contribution in [1.82, 2.24) is 4.90 Å². The second kappa shape index (κ2) is 9.02. The average Bonchev–Trinajstić information content (AvgIpc) is 3.14. The van der Waals surface area contributed by atoms with Gasteiger partial charge in [0, 0.05) is 30.7 Å². The van der Waals surface area contributed by atoms with E-state index in [4.69, 9.17) is 18.6 Å². The van der Waals surface area contributed by atoms with Crippen molar-refractivity contribution in [2.75, 3.05) is 19.8 Å². The van der Waals surface area contributed by atoms with Crippen LogP contribution in [-0.2, 0) is 23.4 Å². The molecule has 4 heterocycles. The molecule has 198 valence electrons. The minimum atomic E-state index is -1.88. The van der Waals surface area contributed by atoms with Crippen LogP contribution in [-0.4, -0.2) is 68.5 Å². The van der Waals surface area contributed by atoms with Crippen LogP contribution in [0.1, 0.15) is 73.1 Å². The van der Waals surface area contributed by atoms with Crippen LogP contribution in [0.5, 0.6) is 0 Å². The molecule has 0 aromatic heterocycles. The summed E-state index contributed by atoms with van der Waals surface area (Å²) in [5.74, 6) is 0.0318. The molecule has 0 N–H and O–H groups in total. The van der Waals surface area contributed by atoms with Crippen molar-refractivity contribution in [2.24, 2.45) is 17.8 Å². The maximum Gasteiger partial charge on any atom is 0.286 e. The first-order valence-electron chi connectivity index (χ1n) is 14.0. The Balaban J connectivity index is 1.31. The zero-order valence-corrected chi connectivity index (χ0v) is 24.0. The highest BCUT2D eigenvalue weighted by Gasteiger charge is 2.57.